The highest BCUT2D eigenvalue weighted by Gasteiger charge is 2.16. The summed E-state index contributed by atoms with van der Waals surface area (Å²) in [6.45, 7) is 0.176. The number of hydrogen-bond acceptors (Lipinski definition) is 4. The van der Waals surface area contributed by atoms with E-state index in [1.54, 1.807) is 19.2 Å². The predicted molar refractivity (Wildman–Crippen MR) is 76.3 cm³/mol. The number of fused-ring (bicyclic) bond motifs is 1. The van der Waals surface area contributed by atoms with Gasteiger partial charge in [-0.2, -0.15) is 5.26 Å². The summed E-state index contributed by atoms with van der Waals surface area (Å²) in [6, 6.07) is 12.9. The van der Waals surface area contributed by atoms with E-state index >= 15 is 0 Å². The third-order valence-electron chi connectivity index (χ3n) is 3.06. The van der Waals surface area contributed by atoms with E-state index in [4.69, 9.17) is 14.2 Å². The van der Waals surface area contributed by atoms with Crippen molar-refractivity contribution < 1.29 is 14.2 Å². The maximum Gasteiger partial charge on any atom is 0.231 e. The van der Waals surface area contributed by atoms with Gasteiger partial charge in [0, 0.05) is 23.3 Å². The Hall–Kier alpha value is -3.11. The van der Waals surface area contributed by atoms with Crippen molar-refractivity contribution in [1.82, 2.24) is 0 Å². The predicted octanol–water partition coefficient (Wildman–Crippen LogP) is 2.70. The number of hydrogen-bond donors (Lipinski definition) is 0. The third-order valence-corrected chi connectivity index (χ3v) is 3.06. The fourth-order valence-corrected chi connectivity index (χ4v) is 1.95. The molecule has 0 atom stereocenters. The molecule has 1 aliphatic rings. The van der Waals surface area contributed by atoms with Crippen LogP contribution in [0.5, 0.6) is 17.2 Å². The lowest BCUT2D eigenvalue weighted by Crippen LogP contribution is -1.92. The van der Waals surface area contributed by atoms with Gasteiger partial charge in [0.15, 0.2) is 11.5 Å². The van der Waals surface area contributed by atoms with E-state index in [-0.39, 0.29) is 6.79 Å². The summed E-state index contributed by atoms with van der Waals surface area (Å²) in [5.74, 6) is 8.01. The van der Waals surface area contributed by atoms with Crippen molar-refractivity contribution in [3.8, 4) is 35.2 Å². The van der Waals surface area contributed by atoms with Crippen LogP contribution in [0.4, 0.5) is 0 Å². The number of ether oxygens (including phenoxy) is 3. The quantitative estimate of drug-likeness (QED) is 0.752. The average molecular weight is 277 g/mol. The molecule has 0 aliphatic carbocycles. The van der Waals surface area contributed by atoms with Crippen LogP contribution in [0.15, 0.2) is 36.4 Å². The topological polar surface area (TPSA) is 51.5 Å². The maximum atomic E-state index is 9.18. The van der Waals surface area contributed by atoms with E-state index in [1.807, 2.05) is 24.3 Å². The van der Waals surface area contributed by atoms with E-state index in [0.717, 1.165) is 11.3 Å². The van der Waals surface area contributed by atoms with Crippen molar-refractivity contribution in [3.63, 3.8) is 0 Å². The molecule has 0 amide bonds. The van der Waals surface area contributed by atoms with E-state index in [9.17, 15) is 5.26 Å². The Morgan fingerprint density at radius 3 is 2.29 bits per heavy atom. The molecule has 2 aromatic rings. The van der Waals surface area contributed by atoms with Gasteiger partial charge in [0.1, 0.15) is 11.8 Å². The summed E-state index contributed by atoms with van der Waals surface area (Å²) >= 11 is 0. The minimum Gasteiger partial charge on any atom is -0.497 e. The number of methoxy groups -OCH3 is 1. The normalized spacial score (nSPS) is 11.2. The smallest absolute Gasteiger partial charge is 0.231 e. The Balaban J connectivity index is 1.94. The maximum absolute atomic E-state index is 9.18. The van der Waals surface area contributed by atoms with Gasteiger partial charge in [0.2, 0.25) is 6.79 Å². The zero-order valence-electron chi connectivity index (χ0n) is 11.3. The molecule has 1 heterocycles. The van der Waals surface area contributed by atoms with Crippen LogP contribution in [-0.4, -0.2) is 13.9 Å². The van der Waals surface area contributed by atoms with Crippen LogP contribution in [-0.2, 0) is 0 Å². The Morgan fingerprint density at radius 2 is 1.67 bits per heavy atom. The summed E-state index contributed by atoms with van der Waals surface area (Å²) in [4.78, 5) is 0. The molecule has 4 nitrogen and oxygen atoms in total. The highest BCUT2D eigenvalue weighted by Crippen LogP contribution is 2.34. The molecule has 0 radical (unpaired) electrons. The van der Waals surface area contributed by atoms with E-state index in [1.165, 1.54) is 0 Å². The second kappa shape index (κ2) is 5.48. The second-order valence-electron chi connectivity index (χ2n) is 4.34. The lowest BCUT2D eigenvalue weighted by molar-refractivity contribution is 0.174. The fraction of sp³-hybridized carbons (Fsp3) is 0.118. The van der Waals surface area contributed by atoms with Crippen molar-refractivity contribution >= 4 is 0 Å². The van der Waals surface area contributed by atoms with Gasteiger partial charge in [-0.1, -0.05) is 11.8 Å². The van der Waals surface area contributed by atoms with Gasteiger partial charge in [-0.15, -0.1) is 0 Å². The third kappa shape index (κ3) is 2.61. The molecule has 0 spiro atoms. The number of nitriles is 1. The van der Waals surface area contributed by atoms with Crippen LogP contribution < -0.4 is 14.2 Å². The van der Waals surface area contributed by atoms with Gasteiger partial charge < -0.3 is 14.2 Å². The van der Waals surface area contributed by atoms with Crippen molar-refractivity contribution in [2.24, 2.45) is 0 Å². The molecule has 3 rings (SSSR count). The number of nitrogens with zero attached hydrogens (tertiary/aromatic N) is 1. The number of benzene rings is 2. The largest absolute Gasteiger partial charge is 0.497 e. The molecule has 0 bridgehead atoms. The van der Waals surface area contributed by atoms with Crippen LogP contribution in [0, 0.1) is 23.2 Å². The van der Waals surface area contributed by atoms with Crippen LogP contribution in [0.25, 0.3) is 0 Å². The molecule has 4 heteroatoms. The van der Waals surface area contributed by atoms with Gasteiger partial charge >= 0.3 is 0 Å². The molecule has 21 heavy (non-hydrogen) atoms. The zero-order valence-corrected chi connectivity index (χ0v) is 11.3. The lowest BCUT2D eigenvalue weighted by atomic mass is 10.1. The van der Waals surface area contributed by atoms with Gasteiger partial charge in [0.25, 0.3) is 0 Å². The van der Waals surface area contributed by atoms with Gasteiger partial charge in [0.05, 0.1) is 12.7 Å². The Morgan fingerprint density at radius 1 is 1.00 bits per heavy atom. The SMILES string of the molecule is COc1ccc(C#Cc2cc3c(cc2C#N)OCO3)cc1. The van der Waals surface area contributed by atoms with Crippen molar-refractivity contribution in [1.29, 1.82) is 5.26 Å². The van der Waals surface area contributed by atoms with Crippen molar-refractivity contribution in [3.05, 3.63) is 53.1 Å². The van der Waals surface area contributed by atoms with E-state index in [2.05, 4.69) is 17.9 Å². The lowest BCUT2D eigenvalue weighted by Gasteiger charge is -2.00. The molecular formula is C17H11NO3. The first kappa shape index (κ1) is 12.9. The minimum atomic E-state index is 0.176. The first-order valence-corrected chi connectivity index (χ1v) is 6.30. The Kier molecular flexibility index (Phi) is 3.37. The minimum absolute atomic E-state index is 0.176. The monoisotopic (exact) mass is 277 g/mol. The molecule has 0 unspecified atom stereocenters. The number of rotatable bonds is 1. The van der Waals surface area contributed by atoms with E-state index < -0.39 is 0 Å². The first-order chi connectivity index (χ1) is 10.3. The summed E-state index contributed by atoms with van der Waals surface area (Å²) in [5, 5.41) is 9.18. The molecule has 0 saturated heterocycles. The van der Waals surface area contributed by atoms with Crippen LogP contribution in [0.2, 0.25) is 0 Å². The van der Waals surface area contributed by atoms with Gasteiger partial charge in [-0.05, 0) is 24.3 Å². The van der Waals surface area contributed by atoms with Crippen molar-refractivity contribution in [2.45, 2.75) is 0 Å². The molecule has 1 aliphatic heterocycles. The molecule has 0 saturated carbocycles. The summed E-state index contributed by atoms with van der Waals surface area (Å²) in [6.07, 6.45) is 0. The standard InChI is InChI=1S/C17H11NO3/c1-19-15-6-3-12(4-7-15)2-5-13-8-16-17(21-11-20-16)9-14(13)10-18/h3-4,6-9H,11H2,1H3. The average Bonchev–Trinajstić information content (AvgIpc) is 2.99. The first-order valence-electron chi connectivity index (χ1n) is 6.30. The molecule has 0 aromatic heterocycles. The molecule has 0 N–H and O–H groups in total. The fourth-order valence-electron chi connectivity index (χ4n) is 1.95. The van der Waals surface area contributed by atoms with Gasteiger partial charge in [-0.25, -0.2) is 0 Å². The van der Waals surface area contributed by atoms with E-state index in [0.29, 0.717) is 22.6 Å². The van der Waals surface area contributed by atoms with Crippen molar-refractivity contribution in [2.75, 3.05) is 13.9 Å². The molecule has 2 aromatic carbocycles. The van der Waals surface area contributed by atoms with Gasteiger partial charge in [-0.3, -0.25) is 0 Å². The Labute approximate surface area is 122 Å². The van der Waals surface area contributed by atoms with Crippen LogP contribution in [0.3, 0.4) is 0 Å². The van der Waals surface area contributed by atoms with Crippen LogP contribution >= 0.6 is 0 Å². The second-order valence-corrected chi connectivity index (χ2v) is 4.34. The summed E-state index contributed by atoms with van der Waals surface area (Å²) in [5.41, 5.74) is 1.94. The highest BCUT2D eigenvalue weighted by molar-refractivity contribution is 5.59. The Bertz CT molecular complexity index is 777. The molecule has 102 valence electrons. The zero-order chi connectivity index (χ0) is 14.7. The molecular weight excluding hydrogens is 266 g/mol. The highest BCUT2D eigenvalue weighted by atomic mass is 16.7. The summed E-state index contributed by atoms with van der Waals surface area (Å²) < 4.78 is 15.7. The molecule has 0 fully saturated rings. The summed E-state index contributed by atoms with van der Waals surface area (Å²) in [7, 11) is 1.62. The van der Waals surface area contributed by atoms with Crippen LogP contribution in [0.1, 0.15) is 16.7 Å².